The molecule has 1 spiro atoms. The molecule has 1 fully saturated rings. The number of benzene rings is 1. The van der Waals surface area contributed by atoms with Crippen LogP contribution in [0.15, 0.2) is 40.8 Å². The van der Waals surface area contributed by atoms with Crippen molar-refractivity contribution in [3.63, 3.8) is 0 Å². The molecule has 0 unspecified atom stereocenters. The van der Waals surface area contributed by atoms with Crippen LogP contribution in [-0.2, 0) is 0 Å². The van der Waals surface area contributed by atoms with Crippen LogP contribution < -0.4 is 9.47 Å². The topological polar surface area (TPSA) is 37.3 Å². The third kappa shape index (κ3) is 2.65. The second-order valence-corrected chi connectivity index (χ2v) is 8.40. The van der Waals surface area contributed by atoms with Crippen LogP contribution in [0.1, 0.15) is 42.7 Å². The summed E-state index contributed by atoms with van der Waals surface area (Å²) in [5.74, 6) is 1.74. The average Bonchev–Trinajstić information content (AvgIpc) is 3.38. The zero-order valence-electron chi connectivity index (χ0n) is 15.9. The summed E-state index contributed by atoms with van der Waals surface area (Å²) in [4.78, 5) is 3.75. The lowest BCUT2D eigenvalue weighted by Crippen LogP contribution is -2.59. The van der Waals surface area contributed by atoms with Crippen molar-refractivity contribution in [2.45, 2.75) is 38.0 Å². The fourth-order valence-electron chi connectivity index (χ4n) is 4.57. The Morgan fingerprint density at radius 1 is 1.26 bits per heavy atom. The molecule has 3 aliphatic rings. The number of hydrogen-bond donors (Lipinski definition) is 0. The molecule has 0 amide bonds. The number of para-hydroxylation sites is 1. The molecule has 0 bridgehead atoms. The summed E-state index contributed by atoms with van der Waals surface area (Å²) in [6.45, 7) is 5.38. The van der Waals surface area contributed by atoms with Crippen LogP contribution in [-0.4, -0.2) is 48.1 Å². The largest absolute Gasteiger partial charge is 0.493 e. The number of hydrazone groups is 1. The summed E-state index contributed by atoms with van der Waals surface area (Å²) in [6, 6.07) is 10.7. The molecule has 0 saturated carbocycles. The monoisotopic (exact) mass is 383 g/mol. The minimum absolute atomic E-state index is 0.217. The third-order valence-electron chi connectivity index (χ3n) is 6.10. The molecule has 5 rings (SSSR count). The zero-order valence-corrected chi connectivity index (χ0v) is 16.7. The highest BCUT2D eigenvalue weighted by Gasteiger charge is 2.52. The van der Waals surface area contributed by atoms with Gasteiger partial charge in [-0.15, -0.1) is 11.3 Å². The molecule has 4 heterocycles. The van der Waals surface area contributed by atoms with Gasteiger partial charge in [-0.1, -0.05) is 25.1 Å². The van der Waals surface area contributed by atoms with Crippen LogP contribution in [0.3, 0.4) is 0 Å². The molecular formula is C21H25N3O2S. The maximum Gasteiger partial charge on any atom is 0.200 e. The van der Waals surface area contributed by atoms with Gasteiger partial charge in [0.1, 0.15) is 0 Å². The number of thiophene rings is 1. The predicted octanol–water partition coefficient (Wildman–Crippen LogP) is 4.11. The van der Waals surface area contributed by atoms with Gasteiger partial charge >= 0.3 is 0 Å². The molecule has 1 aromatic carbocycles. The molecule has 1 saturated heterocycles. The highest BCUT2D eigenvalue weighted by atomic mass is 32.1. The van der Waals surface area contributed by atoms with Crippen LogP contribution >= 0.6 is 11.3 Å². The smallest absolute Gasteiger partial charge is 0.200 e. The average molecular weight is 384 g/mol. The number of hydrogen-bond acceptors (Lipinski definition) is 6. The molecule has 27 heavy (non-hydrogen) atoms. The SMILES string of the molecule is CCN1CCC2(CC1)Oc1c(OC)cccc1[C@H]1CC(c3cccs3)=NN12. The summed E-state index contributed by atoms with van der Waals surface area (Å²) < 4.78 is 12.4. The van der Waals surface area contributed by atoms with E-state index in [1.807, 2.05) is 6.07 Å². The van der Waals surface area contributed by atoms with E-state index in [2.05, 4.69) is 46.5 Å². The first-order valence-electron chi connectivity index (χ1n) is 9.73. The molecular weight excluding hydrogens is 358 g/mol. The van der Waals surface area contributed by atoms with Gasteiger partial charge in [0, 0.05) is 37.9 Å². The standard InChI is InChI=1S/C21H25N3O2S/c1-3-23-11-9-21(10-12-23)24-17(14-16(22-24)19-8-5-13-27-19)15-6-4-7-18(25-2)20(15)26-21/h4-8,13,17H,3,9-12,14H2,1-2H3/t17-/m1/s1. The van der Waals surface area contributed by atoms with Crippen molar-refractivity contribution >= 4 is 17.0 Å². The van der Waals surface area contributed by atoms with Crippen molar-refractivity contribution in [3.8, 4) is 11.5 Å². The fourth-order valence-corrected chi connectivity index (χ4v) is 5.29. The maximum absolute atomic E-state index is 6.73. The number of methoxy groups -OCH3 is 1. The minimum atomic E-state index is -0.378. The van der Waals surface area contributed by atoms with Gasteiger partial charge in [0.25, 0.3) is 0 Å². The van der Waals surface area contributed by atoms with E-state index >= 15 is 0 Å². The van der Waals surface area contributed by atoms with Gasteiger partial charge in [-0.2, -0.15) is 5.10 Å². The van der Waals surface area contributed by atoms with Crippen molar-refractivity contribution in [1.29, 1.82) is 0 Å². The molecule has 0 radical (unpaired) electrons. The lowest BCUT2D eigenvalue weighted by atomic mass is 9.91. The molecule has 0 aliphatic carbocycles. The maximum atomic E-state index is 6.73. The molecule has 2 aromatic rings. The van der Waals surface area contributed by atoms with E-state index < -0.39 is 0 Å². The van der Waals surface area contributed by atoms with Crippen molar-refractivity contribution in [1.82, 2.24) is 9.91 Å². The number of nitrogens with zero attached hydrogens (tertiary/aromatic N) is 3. The van der Waals surface area contributed by atoms with E-state index in [1.54, 1.807) is 18.4 Å². The van der Waals surface area contributed by atoms with Crippen LogP contribution in [0.25, 0.3) is 0 Å². The second kappa shape index (κ2) is 6.53. The minimum Gasteiger partial charge on any atom is -0.493 e. The van der Waals surface area contributed by atoms with E-state index in [-0.39, 0.29) is 11.8 Å². The molecule has 3 aliphatic heterocycles. The predicted molar refractivity (Wildman–Crippen MR) is 108 cm³/mol. The molecule has 5 nitrogen and oxygen atoms in total. The third-order valence-corrected chi connectivity index (χ3v) is 7.02. The highest BCUT2D eigenvalue weighted by molar-refractivity contribution is 7.12. The molecule has 1 atom stereocenters. The summed E-state index contributed by atoms with van der Waals surface area (Å²) in [6.07, 6.45) is 2.83. The second-order valence-electron chi connectivity index (χ2n) is 7.45. The number of rotatable bonds is 3. The lowest BCUT2D eigenvalue weighted by Gasteiger charge is -2.51. The Bertz CT molecular complexity index is 856. The summed E-state index contributed by atoms with van der Waals surface area (Å²) in [7, 11) is 1.72. The van der Waals surface area contributed by atoms with E-state index in [0.717, 1.165) is 50.4 Å². The van der Waals surface area contributed by atoms with E-state index in [1.165, 1.54) is 16.2 Å². The fraction of sp³-hybridized carbons (Fsp3) is 0.476. The molecule has 142 valence electrons. The Labute approximate surface area is 164 Å². The van der Waals surface area contributed by atoms with Crippen molar-refractivity contribution in [2.24, 2.45) is 5.10 Å². The van der Waals surface area contributed by atoms with Crippen molar-refractivity contribution in [2.75, 3.05) is 26.7 Å². The van der Waals surface area contributed by atoms with E-state index in [4.69, 9.17) is 14.6 Å². The molecule has 6 heteroatoms. The normalized spacial score (nSPS) is 23.6. The van der Waals surface area contributed by atoms with Crippen LogP contribution in [0.5, 0.6) is 11.5 Å². The molecule has 1 aromatic heterocycles. The Hall–Kier alpha value is -2.05. The summed E-state index contributed by atoms with van der Waals surface area (Å²) in [5, 5.41) is 9.51. The highest BCUT2D eigenvalue weighted by Crippen LogP contribution is 2.52. The number of likely N-dealkylation sites (tertiary alicyclic amines) is 1. The molecule has 0 N–H and O–H groups in total. The summed E-state index contributed by atoms with van der Waals surface area (Å²) >= 11 is 1.76. The first-order valence-corrected chi connectivity index (χ1v) is 10.6. The lowest BCUT2D eigenvalue weighted by molar-refractivity contribution is -0.150. The zero-order chi connectivity index (χ0) is 18.4. The Morgan fingerprint density at radius 3 is 2.81 bits per heavy atom. The van der Waals surface area contributed by atoms with E-state index in [0.29, 0.717) is 0 Å². The van der Waals surface area contributed by atoms with Crippen molar-refractivity contribution < 1.29 is 9.47 Å². The quantitative estimate of drug-likeness (QED) is 0.799. The van der Waals surface area contributed by atoms with Gasteiger partial charge in [-0.05, 0) is 24.1 Å². The Balaban J connectivity index is 1.59. The van der Waals surface area contributed by atoms with Gasteiger partial charge in [-0.3, -0.25) is 0 Å². The van der Waals surface area contributed by atoms with Gasteiger partial charge in [0.2, 0.25) is 5.72 Å². The van der Waals surface area contributed by atoms with Crippen LogP contribution in [0, 0.1) is 0 Å². The number of fused-ring (bicyclic) bond motifs is 4. The number of ether oxygens (including phenoxy) is 2. The van der Waals surface area contributed by atoms with Gasteiger partial charge in [-0.25, -0.2) is 5.01 Å². The Kier molecular flexibility index (Phi) is 4.13. The van der Waals surface area contributed by atoms with Crippen LogP contribution in [0.2, 0.25) is 0 Å². The first-order chi connectivity index (χ1) is 13.2. The number of piperidine rings is 1. The van der Waals surface area contributed by atoms with Gasteiger partial charge in [0.15, 0.2) is 11.5 Å². The van der Waals surface area contributed by atoms with Crippen molar-refractivity contribution in [3.05, 3.63) is 46.2 Å². The Morgan fingerprint density at radius 2 is 2.11 bits per heavy atom. The summed E-state index contributed by atoms with van der Waals surface area (Å²) in [5.41, 5.74) is 1.98. The first kappa shape index (κ1) is 17.1. The van der Waals surface area contributed by atoms with Crippen LogP contribution in [0.4, 0.5) is 0 Å². The van der Waals surface area contributed by atoms with E-state index in [9.17, 15) is 0 Å². The van der Waals surface area contributed by atoms with Gasteiger partial charge < -0.3 is 14.4 Å². The van der Waals surface area contributed by atoms with Gasteiger partial charge in [0.05, 0.1) is 23.7 Å².